The Balaban J connectivity index is 2.27. The quantitative estimate of drug-likeness (QED) is 0.558. The highest BCUT2D eigenvalue weighted by atomic mass is 35.5. The van der Waals surface area contributed by atoms with Gasteiger partial charge in [-0.3, -0.25) is 0 Å². The SMILES string of the molecule is CCn1c(-c2ccc(O)c(N)c2)nc2ccc(Cl)cc21. The van der Waals surface area contributed by atoms with Crippen LogP contribution >= 0.6 is 11.6 Å². The van der Waals surface area contributed by atoms with Crippen LogP contribution in [0.3, 0.4) is 0 Å². The number of hydrogen-bond acceptors (Lipinski definition) is 3. The summed E-state index contributed by atoms with van der Waals surface area (Å²) in [5, 5.41) is 10.2. The van der Waals surface area contributed by atoms with Crippen LogP contribution < -0.4 is 5.73 Å². The molecule has 4 nitrogen and oxygen atoms in total. The molecule has 20 heavy (non-hydrogen) atoms. The number of phenols is 1. The molecule has 3 aromatic rings. The Bertz CT molecular complexity index is 795. The lowest BCUT2D eigenvalue weighted by atomic mass is 10.2. The number of nitrogens with zero attached hydrogens (tertiary/aromatic N) is 2. The highest BCUT2D eigenvalue weighted by Crippen LogP contribution is 2.30. The normalized spacial score (nSPS) is 11.1. The summed E-state index contributed by atoms with van der Waals surface area (Å²) in [7, 11) is 0. The highest BCUT2D eigenvalue weighted by Gasteiger charge is 2.12. The summed E-state index contributed by atoms with van der Waals surface area (Å²) in [4.78, 5) is 4.63. The van der Waals surface area contributed by atoms with Gasteiger partial charge in [0.1, 0.15) is 11.6 Å². The molecular formula is C15H14ClN3O. The number of imidazole rings is 1. The molecule has 0 radical (unpaired) electrons. The van der Waals surface area contributed by atoms with Crippen LogP contribution in [0.5, 0.6) is 5.75 Å². The van der Waals surface area contributed by atoms with E-state index in [0.29, 0.717) is 10.7 Å². The van der Waals surface area contributed by atoms with Crippen molar-refractivity contribution in [3.05, 3.63) is 41.4 Å². The molecule has 3 rings (SSSR count). The smallest absolute Gasteiger partial charge is 0.141 e. The number of aromatic hydroxyl groups is 1. The van der Waals surface area contributed by atoms with Crippen molar-refractivity contribution < 1.29 is 5.11 Å². The van der Waals surface area contributed by atoms with Gasteiger partial charge >= 0.3 is 0 Å². The molecule has 0 aliphatic heterocycles. The van der Waals surface area contributed by atoms with E-state index in [9.17, 15) is 5.11 Å². The number of hydrogen-bond donors (Lipinski definition) is 2. The minimum atomic E-state index is 0.0796. The molecule has 102 valence electrons. The van der Waals surface area contributed by atoms with E-state index < -0.39 is 0 Å². The Morgan fingerprint density at radius 2 is 2.05 bits per heavy atom. The number of fused-ring (bicyclic) bond motifs is 1. The van der Waals surface area contributed by atoms with Crippen molar-refractivity contribution in [2.45, 2.75) is 13.5 Å². The van der Waals surface area contributed by atoms with Crippen molar-refractivity contribution in [1.82, 2.24) is 9.55 Å². The third-order valence-electron chi connectivity index (χ3n) is 3.31. The Hall–Kier alpha value is -2.20. The average molecular weight is 288 g/mol. The molecular weight excluding hydrogens is 274 g/mol. The van der Waals surface area contributed by atoms with Crippen molar-refractivity contribution in [2.24, 2.45) is 0 Å². The standard InChI is InChI=1S/C15H14ClN3O/c1-2-19-13-8-10(16)4-5-12(13)18-15(19)9-3-6-14(20)11(17)7-9/h3-8,20H,2,17H2,1H3. The molecule has 1 aromatic heterocycles. The first-order chi connectivity index (χ1) is 9.60. The molecule has 0 unspecified atom stereocenters. The van der Waals surface area contributed by atoms with E-state index in [2.05, 4.69) is 16.5 Å². The van der Waals surface area contributed by atoms with Gasteiger partial charge in [-0.2, -0.15) is 0 Å². The number of phenolic OH excluding ortho intramolecular Hbond substituents is 1. The fourth-order valence-corrected chi connectivity index (χ4v) is 2.50. The second-order valence-electron chi connectivity index (χ2n) is 4.59. The molecule has 0 saturated heterocycles. The monoisotopic (exact) mass is 287 g/mol. The van der Waals surface area contributed by atoms with Gasteiger partial charge < -0.3 is 15.4 Å². The number of benzene rings is 2. The molecule has 5 heteroatoms. The fraction of sp³-hybridized carbons (Fsp3) is 0.133. The van der Waals surface area contributed by atoms with Crippen LogP contribution in [0.25, 0.3) is 22.4 Å². The fourth-order valence-electron chi connectivity index (χ4n) is 2.33. The third kappa shape index (κ3) is 1.98. The molecule has 0 spiro atoms. The molecule has 0 bridgehead atoms. The maximum atomic E-state index is 9.52. The van der Waals surface area contributed by atoms with E-state index in [0.717, 1.165) is 29.0 Å². The zero-order valence-electron chi connectivity index (χ0n) is 11.0. The summed E-state index contributed by atoms with van der Waals surface area (Å²) >= 11 is 6.05. The molecule has 0 aliphatic rings. The number of nitrogen functional groups attached to an aromatic ring is 1. The number of aryl methyl sites for hydroxylation is 1. The maximum absolute atomic E-state index is 9.52. The summed E-state index contributed by atoms with van der Waals surface area (Å²) in [6.07, 6.45) is 0. The minimum Gasteiger partial charge on any atom is -0.506 e. The zero-order valence-corrected chi connectivity index (χ0v) is 11.7. The van der Waals surface area contributed by atoms with Crippen LogP contribution in [0.1, 0.15) is 6.92 Å². The second-order valence-corrected chi connectivity index (χ2v) is 5.02. The molecule has 0 saturated carbocycles. The summed E-state index contributed by atoms with van der Waals surface area (Å²) in [6, 6.07) is 10.7. The van der Waals surface area contributed by atoms with Crippen molar-refractivity contribution in [3.63, 3.8) is 0 Å². The van der Waals surface area contributed by atoms with Gasteiger partial charge in [-0.1, -0.05) is 11.6 Å². The Labute approximate surface area is 121 Å². The lowest BCUT2D eigenvalue weighted by Gasteiger charge is -2.07. The molecule has 3 N–H and O–H groups in total. The molecule has 0 atom stereocenters. The largest absolute Gasteiger partial charge is 0.506 e. The summed E-state index contributed by atoms with van der Waals surface area (Å²) in [5.41, 5.74) is 8.85. The van der Waals surface area contributed by atoms with Crippen LogP contribution in [-0.2, 0) is 6.54 Å². The van der Waals surface area contributed by atoms with Gasteiger partial charge in [0.15, 0.2) is 0 Å². The number of aromatic nitrogens is 2. The second kappa shape index (κ2) is 4.72. The van der Waals surface area contributed by atoms with Gasteiger partial charge in [0.05, 0.1) is 16.7 Å². The number of nitrogens with two attached hydrogens (primary N) is 1. The molecule has 0 amide bonds. The molecule has 0 fully saturated rings. The number of halogens is 1. The van der Waals surface area contributed by atoms with Gasteiger partial charge in [-0.05, 0) is 43.3 Å². The van der Waals surface area contributed by atoms with Crippen LogP contribution in [0.4, 0.5) is 5.69 Å². The van der Waals surface area contributed by atoms with E-state index in [4.69, 9.17) is 17.3 Å². The van der Waals surface area contributed by atoms with E-state index >= 15 is 0 Å². The summed E-state index contributed by atoms with van der Waals surface area (Å²) in [6.45, 7) is 2.82. The number of anilines is 1. The first-order valence-electron chi connectivity index (χ1n) is 6.35. The van der Waals surface area contributed by atoms with Gasteiger partial charge in [-0.25, -0.2) is 4.98 Å². The van der Waals surface area contributed by atoms with E-state index in [1.54, 1.807) is 18.2 Å². The average Bonchev–Trinajstić information content (AvgIpc) is 2.79. The van der Waals surface area contributed by atoms with Gasteiger partial charge in [0.2, 0.25) is 0 Å². The van der Waals surface area contributed by atoms with Crippen LogP contribution in [0, 0.1) is 0 Å². The Morgan fingerprint density at radius 1 is 1.25 bits per heavy atom. The maximum Gasteiger partial charge on any atom is 0.141 e. The lowest BCUT2D eigenvalue weighted by molar-refractivity contribution is 0.478. The van der Waals surface area contributed by atoms with Gasteiger partial charge in [0.25, 0.3) is 0 Å². The molecule has 0 aliphatic carbocycles. The first kappa shape index (κ1) is 12.8. The zero-order chi connectivity index (χ0) is 14.3. The summed E-state index contributed by atoms with van der Waals surface area (Å²) < 4.78 is 2.08. The minimum absolute atomic E-state index is 0.0796. The highest BCUT2D eigenvalue weighted by molar-refractivity contribution is 6.31. The van der Waals surface area contributed by atoms with E-state index in [-0.39, 0.29) is 5.75 Å². The molecule has 1 heterocycles. The van der Waals surface area contributed by atoms with Gasteiger partial charge in [0, 0.05) is 17.1 Å². The first-order valence-corrected chi connectivity index (χ1v) is 6.72. The molecule has 2 aromatic carbocycles. The topological polar surface area (TPSA) is 64.1 Å². The van der Waals surface area contributed by atoms with Crippen LogP contribution in [-0.4, -0.2) is 14.7 Å². The van der Waals surface area contributed by atoms with Crippen molar-refractivity contribution in [3.8, 4) is 17.1 Å². The van der Waals surface area contributed by atoms with Crippen LogP contribution in [0.15, 0.2) is 36.4 Å². The van der Waals surface area contributed by atoms with Crippen molar-refractivity contribution >= 4 is 28.3 Å². The van der Waals surface area contributed by atoms with E-state index in [1.807, 2.05) is 18.2 Å². The predicted molar refractivity (Wildman–Crippen MR) is 81.9 cm³/mol. The number of rotatable bonds is 2. The third-order valence-corrected chi connectivity index (χ3v) is 3.55. The predicted octanol–water partition coefficient (Wildman–Crippen LogP) is 3.66. The van der Waals surface area contributed by atoms with E-state index in [1.165, 1.54) is 0 Å². The Morgan fingerprint density at radius 3 is 2.75 bits per heavy atom. The van der Waals surface area contributed by atoms with Crippen LogP contribution in [0.2, 0.25) is 5.02 Å². The summed E-state index contributed by atoms with van der Waals surface area (Å²) in [5.74, 6) is 0.896. The van der Waals surface area contributed by atoms with Crippen molar-refractivity contribution in [1.29, 1.82) is 0 Å². The lowest BCUT2D eigenvalue weighted by Crippen LogP contribution is -1.98. The Kier molecular flexibility index (Phi) is 3.03. The van der Waals surface area contributed by atoms with Crippen molar-refractivity contribution in [2.75, 3.05) is 5.73 Å². The van der Waals surface area contributed by atoms with Gasteiger partial charge in [-0.15, -0.1) is 0 Å².